The molecule has 0 aromatic heterocycles. The predicted octanol–water partition coefficient (Wildman–Crippen LogP) is 3.27. The predicted molar refractivity (Wildman–Crippen MR) is 62.1 cm³/mol. The highest BCUT2D eigenvalue weighted by molar-refractivity contribution is 5.21. The van der Waals surface area contributed by atoms with E-state index < -0.39 is 17.2 Å². The lowest BCUT2D eigenvalue weighted by Crippen LogP contribution is -2.46. The third-order valence-corrected chi connectivity index (χ3v) is 3.36. The molecule has 90 valence electrons. The van der Waals surface area contributed by atoms with Crippen LogP contribution in [0.4, 0.5) is 8.78 Å². The molecule has 0 aliphatic rings. The average molecular weight is 227 g/mol. The van der Waals surface area contributed by atoms with Crippen LogP contribution in [0.1, 0.15) is 32.8 Å². The summed E-state index contributed by atoms with van der Waals surface area (Å²) in [5.74, 6) is -1.36. The molecule has 0 aliphatic heterocycles. The van der Waals surface area contributed by atoms with Gasteiger partial charge in [0.2, 0.25) is 0 Å². The summed E-state index contributed by atoms with van der Waals surface area (Å²) in [5, 5.41) is 0. The maximum atomic E-state index is 13.5. The first kappa shape index (κ1) is 13.1. The zero-order valence-electron chi connectivity index (χ0n) is 10.1. The molecular weight excluding hydrogens is 208 g/mol. The second-order valence-corrected chi connectivity index (χ2v) is 4.63. The Morgan fingerprint density at radius 3 is 2.44 bits per heavy atom. The van der Waals surface area contributed by atoms with Gasteiger partial charge in [-0.3, -0.25) is 0 Å². The fraction of sp³-hybridized carbons (Fsp3) is 0.538. The zero-order chi connectivity index (χ0) is 12.3. The van der Waals surface area contributed by atoms with Crippen LogP contribution in [0.3, 0.4) is 0 Å². The zero-order valence-corrected chi connectivity index (χ0v) is 10.1. The molecule has 0 amide bonds. The minimum atomic E-state index is -0.806. The third-order valence-electron chi connectivity index (χ3n) is 3.36. The van der Waals surface area contributed by atoms with Gasteiger partial charge in [-0.15, -0.1) is 0 Å². The van der Waals surface area contributed by atoms with E-state index in [2.05, 4.69) is 0 Å². The van der Waals surface area contributed by atoms with E-state index in [0.29, 0.717) is 12.0 Å². The van der Waals surface area contributed by atoms with Crippen LogP contribution in [0.25, 0.3) is 0 Å². The summed E-state index contributed by atoms with van der Waals surface area (Å²) in [6.07, 6.45) is 1.10. The molecule has 1 nitrogen and oxygen atoms in total. The smallest absolute Gasteiger partial charge is 0.162 e. The molecule has 0 fully saturated rings. The van der Waals surface area contributed by atoms with Crippen molar-refractivity contribution in [2.24, 2.45) is 11.7 Å². The second-order valence-electron chi connectivity index (χ2n) is 4.63. The van der Waals surface area contributed by atoms with E-state index in [1.54, 1.807) is 6.07 Å². The van der Waals surface area contributed by atoms with Crippen molar-refractivity contribution in [3.8, 4) is 0 Å². The third kappa shape index (κ3) is 2.59. The van der Waals surface area contributed by atoms with Crippen molar-refractivity contribution in [2.45, 2.75) is 39.2 Å². The maximum absolute atomic E-state index is 13.5. The van der Waals surface area contributed by atoms with Crippen LogP contribution in [-0.4, -0.2) is 5.54 Å². The maximum Gasteiger partial charge on any atom is 0.162 e. The van der Waals surface area contributed by atoms with Gasteiger partial charge in [0.05, 0.1) is 0 Å². The van der Waals surface area contributed by atoms with Crippen molar-refractivity contribution in [1.29, 1.82) is 0 Å². The Morgan fingerprint density at radius 1 is 1.31 bits per heavy atom. The highest BCUT2D eigenvalue weighted by atomic mass is 19.2. The van der Waals surface area contributed by atoms with Crippen LogP contribution in [0.5, 0.6) is 0 Å². The second kappa shape index (κ2) is 4.91. The van der Waals surface area contributed by atoms with E-state index >= 15 is 0 Å². The highest BCUT2D eigenvalue weighted by Crippen LogP contribution is 2.25. The normalized spacial score (nSPS) is 15.2. The lowest BCUT2D eigenvalue weighted by atomic mass is 9.79. The summed E-state index contributed by atoms with van der Waals surface area (Å²) in [6.45, 7) is 5.97. The van der Waals surface area contributed by atoms with E-state index in [9.17, 15) is 8.78 Å². The molecule has 0 saturated carbocycles. The summed E-state index contributed by atoms with van der Waals surface area (Å²) >= 11 is 0. The molecule has 1 aromatic rings. The fourth-order valence-corrected chi connectivity index (χ4v) is 1.78. The summed E-state index contributed by atoms with van der Waals surface area (Å²) < 4.78 is 26.5. The number of rotatable bonds is 4. The molecule has 1 rings (SSSR count). The molecule has 1 atom stereocenters. The number of halogens is 2. The molecule has 0 spiro atoms. The largest absolute Gasteiger partial charge is 0.325 e. The highest BCUT2D eigenvalue weighted by Gasteiger charge is 2.28. The van der Waals surface area contributed by atoms with E-state index in [1.165, 1.54) is 6.07 Å². The van der Waals surface area contributed by atoms with Crippen molar-refractivity contribution in [2.75, 3.05) is 0 Å². The van der Waals surface area contributed by atoms with Gasteiger partial charge >= 0.3 is 0 Å². The molecule has 3 heteroatoms. The number of benzene rings is 1. The molecule has 1 aromatic carbocycles. The number of hydrogen-bond acceptors (Lipinski definition) is 1. The van der Waals surface area contributed by atoms with Gasteiger partial charge in [0.25, 0.3) is 0 Å². The van der Waals surface area contributed by atoms with Crippen molar-refractivity contribution in [3.05, 3.63) is 35.4 Å². The number of nitrogens with two attached hydrogens (primary N) is 1. The molecule has 2 N–H and O–H groups in total. The van der Waals surface area contributed by atoms with Crippen molar-refractivity contribution in [1.82, 2.24) is 0 Å². The Balaban J connectivity index is 2.99. The van der Waals surface area contributed by atoms with Gasteiger partial charge in [-0.05, 0) is 30.4 Å². The Morgan fingerprint density at radius 2 is 1.94 bits per heavy atom. The Kier molecular flexibility index (Phi) is 4.03. The van der Waals surface area contributed by atoms with Crippen LogP contribution in [0.2, 0.25) is 0 Å². The van der Waals surface area contributed by atoms with Gasteiger partial charge in [-0.1, -0.05) is 32.9 Å². The van der Waals surface area contributed by atoms with Crippen molar-refractivity contribution >= 4 is 0 Å². The summed E-state index contributed by atoms with van der Waals surface area (Å²) in [7, 11) is 0. The first-order valence-corrected chi connectivity index (χ1v) is 5.62. The van der Waals surface area contributed by atoms with Gasteiger partial charge in [-0.2, -0.15) is 0 Å². The lowest BCUT2D eigenvalue weighted by molar-refractivity contribution is 0.292. The standard InChI is InChI=1S/C13H19F2N/c1-4-13(16,9(2)3)8-10-6-5-7-11(14)12(10)15/h5-7,9H,4,8,16H2,1-3H3. The molecular formula is C13H19F2N. The van der Waals surface area contributed by atoms with Crippen molar-refractivity contribution < 1.29 is 8.78 Å². The summed E-state index contributed by atoms with van der Waals surface area (Å²) in [6, 6.07) is 4.24. The van der Waals surface area contributed by atoms with Crippen molar-refractivity contribution in [3.63, 3.8) is 0 Å². The average Bonchev–Trinajstić information content (AvgIpc) is 2.24. The van der Waals surface area contributed by atoms with Gasteiger partial charge in [0.1, 0.15) is 0 Å². The van der Waals surface area contributed by atoms with Crippen LogP contribution in [-0.2, 0) is 6.42 Å². The minimum absolute atomic E-state index is 0.222. The lowest BCUT2D eigenvalue weighted by Gasteiger charge is -2.32. The minimum Gasteiger partial charge on any atom is -0.325 e. The van der Waals surface area contributed by atoms with Gasteiger partial charge < -0.3 is 5.73 Å². The molecule has 0 saturated heterocycles. The van der Waals surface area contributed by atoms with Gasteiger partial charge in [0.15, 0.2) is 11.6 Å². The molecule has 16 heavy (non-hydrogen) atoms. The molecule has 1 unspecified atom stereocenters. The Bertz CT molecular complexity index is 363. The first-order chi connectivity index (χ1) is 7.40. The SMILES string of the molecule is CCC(N)(Cc1cccc(F)c1F)C(C)C. The van der Waals surface area contributed by atoms with Crippen LogP contribution in [0, 0.1) is 17.6 Å². The van der Waals surface area contributed by atoms with E-state index in [1.807, 2.05) is 20.8 Å². The van der Waals surface area contributed by atoms with Gasteiger partial charge in [-0.25, -0.2) is 8.78 Å². The number of hydrogen-bond donors (Lipinski definition) is 1. The van der Waals surface area contributed by atoms with E-state index in [-0.39, 0.29) is 5.92 Å². The monoisotopic (exact) mass is 227 g/mol. The Hall–Kier alpha value is -0.960. The summed E-state index contributed by atoms with van der Waals surface area (Å²) in [4.78, 5) is 0. The van der Waals surface area contributed by atoms with Crippen LogP contribution < -0.4 is 5.73 Å². The van der Waals surface area contributed by atoms with Gasteiger partial charge in [0, 0.05) is 5.54 Å². The van der Waals surface area contributed by atoms with E-state index in [0.717, 1.165) is 12.5 Å². The molecule has 0 aliphatic carbocycles. The van der Waals surface area contributed by atoms with E-state index in [4.69, 9.17) is 5.73 Å². The fourth-order valence-electron chi connectivity index (χ4n) is 1.78. The quantitative estimate of drug-likeness (QED) is 0.839. The van der Waals surface area contributed by atoms with Crippen LogP contribution >= 0.6 is 0 Å². The topological polar surface area (TPSA) is 26.0 Å². The summed E-state index contributed by atoms with van der Waals surface area (Å²) in [5.41, 5.74) is 6.08. The molecule has 0 heterocycles. The molecule has 0 bridgehead atoms. The Labute approximate surface area is 95.7 Å². The molecule has 0 radical (unpaired) electrons. The van der Waals surface area contributed by atoms with Crippen LogP contribution in [0.15, 0.2) is 18.2 Å². The first-order valence-electron chi connectivity index (χ1n) is 5.62.